The van der Waals surface area contributed by atoms with Gasteiger partial charge in [-0.25, -0.2) is 0 Å². The van der Waals surface area contributed by atoms with E-state index in [1.807, 2.05) is 6.07 Å². The van der Waals surface area contributed by atoms with Crippen LogP contribution in [-0.2, 0) is 0 Å². The number of hydrogen-bond donors (Lipinski definition) is 1. The second kappa shape index (κ2) is 2.34. The molecular weight excluding hydrogens is 150 g/mol. The lowest BCUT2D eigenvalue weighted by Crippen LogP contribution is -2.38. The maximum Gasteiger partial charge on any atom is 0.151 e. The lowest BCUT2D eigenvalue weighted by molar-refractivity contribution is 0.0208. The van der Waals surface area contributed by atoms with Crippen LogP contribution in [0.3, 0.4) is 0 Å². The smallest absolute Gasteiger partial charge is 0.151 e. The zero-order chi connectivity index (χ0) is 8.66. The van der Waals surface area contributed by atoms with Gasteiger partial charge in [0.05, 0.1) is 6.07 Å². The van der Waals surface area contributed by atoms with Crippen LogP contribution in [0.1, 0.15) is 32.1 Å². The van der Waals surface area contributed by atoms with Crippen LogP contribution in [0.4, 0.5) is 0 Å². The van der Waals surface area contributed by atoms with Crippen molar-refractivity contribution in [2.45, 2.75) is 37.7 Å². The highest BCUT2D eigenvalue weighted by atomic mass is 16.3. The highest BCUT2D eigenvalue weighted by Gasteiger charge is 2.42. The van der Waals surface area contributed by atoms with E-state index in [2.05, 4.69) is 12.2 Å². The Kier molecular flexibility index (Phi) is 1.52. The molecule has 0 radical (unpaired) electrons. The summed E-state index contributed by atoms with van der Waals surface area (Å²) >= 11 is 0. The molecule has 2 nitrogen and oxygen atoms in total. The zero-order valence-electron chi connectivity index (χ0n) is 7.08. The van der Waals surface area contributed by atoms with Crippen LogP contribution in [-0.4, -0.2) is 10.7 Å². The Morgan fingerprint density at radius 1 is 1.25 bits per heavy atom. The van der Waals surface area contributed by atoms with Gasteiger partial charge in [0, 0.05) is 0 Å². The molecule has 12 heavy (non-hydrogen) atoms. The van der Waals surface area contributed by atoms with Gasteiger partial charge in [0.2, 0.25) is 0 Å². The topological polar surface area (TPSA) is 44.0 Å². The predicted molar refractivity (Wildman–Crippen MR) is 45.2 cm³/mol. The number of nitriles is 1. The van der Waals surface area contributed by atoms with Crippen molar-refractivity contribution in [2.75, 3.05) is 0 Å². The minimum atomic E-state index is -1.02. The monoisotopic (exact) mass is 163 g/mol. The van der Waals surface area contributed by atoms with Crippen LogP contribution in [0.25, 0.3) is 0 Å². The molecule has 0 saturated heterocycles. The fourth-order valence-corrected chi connectivity index (χ4v) is 2.10. The molecule has 0 heterocycles. The number of nitrogens with zero attached hydrogens (tertiary/aromatic N) is 1. The summed E-state index contributed by atoms with van der Waals surface area (Å²) in [7, 11) is 0. The lowest BCUT2D eigenvalue weighted by Gasteiger charge is -2.43. The molecule has 0 amide bonds. The van der Waals surface area contributed by atoms with Crippen molar-refractivity contribution in [1.82, 2.24) is 0 Å². The molecule has 1 N–H and O–H groups in total. The van der Waals surface area contributed by atoms with Gasteiger partial charge in [-0.15, -0.1) is 0 Å². The predicted octanol–water partition coefficient (Wildman–Crippen LogP) is 1.76. The Morgan fingerprint density at radius 3 is 2.17 bits per heavy atom. The van der Waals surface area contributed by atoms with Crippen LogP contribution in [0.5, 0.6) is 0 Å². The average molecular weight is 163 g/mol. The van der Waals surface area contributed by atoms with Gasteiger partial charge >= 0.3 is 0 Å². The van der Waals surface area contributed by atoms with Crippen LogP contribution in [0.2, 0.25) is 0 Å². The molecule has 1 saturated carbocycles. The molecule has 2 heteroatoms. The van der Waals surface area contributed by atoms with Gasteiger partial charge < -0.3 is 5.11 Å². The summed E-state index contributed by atoms with van der Waals surface area (Å²) < 4.78 is 0. The van der Waals surface area contributed by atoms with Gasteiger partial charge in [-0.2, -0.15) is 5.26 Å². The molecule has 0 bridgehead atoms. The third kappa shape index (κ3) is 1.05. The van der Waals surface area contributed by atoms with Gasteiger partial charge in [0.25, 0.3) is 0 Å². The van der Waals surface area contributed by atoms with E-state index in [1.54, 1.807) is 0 Å². The van der Waals surface area contributed by atoms with E-state index in [9.17, 15) is 5.11 Å². The first-order chi connectivity index (χ1) is 5.68. The van der Waals surface area contributed by atoms with Crippen molar-refractivity contribution in [2.24, 2.45) is 5.41 Å². The van der Waals surface area contributed by atoms with Crippen LogP contribution < -0.4 is 0 Å². The highest BCUT2D eigenvalue weighted by Crippen LogP contribution is 2.48. The van der Waals surface area contributed by atoms with Crippen molar-refractivity contribution in [3.63, 3.8) is 0 Å². The van der Waals surface area contributed by atoms with Crippen LogP contribution in [0.15, 0.2) is 12.2 Å². The number of allylic oxidation sites excluding steroid dienone is 2. The lowest BCUT2D eigenvalue weighted by atomic mass is 9.63. The molecule has 1 spiro atoms. The number of aliphatic hydroxyl groups is 1. The van der Waals surface area contributed by atoms with Crippen LogP contribution in [0, 0.1) is 16.7 Å². The summed E-state index contributed by atoms with van der Waals surface area (Å²) in [5.74, 6) is 0. The van der Waals surface area contributed by atoms with Gasteiger partial charge in [0.15, 0.2) is 5.60 Å². The van der Waals surface area contributed by atoms with Gasteiger partial charge in [-0.3, -0.25) is 0 Å². The molecule has 1 fully saturated rings. The molecule has 2 rings (SSSR count). The summed E-state index contributed by atoms with van der Waals surface area (Å²) in [6.45, 7) is 0. The molecule has 0 aromatic rings. The summed E-state index contributed by atoms with van der Waals surface area (Å²) in [4.78, 5) is 0. The summed E-state index contributed by atoms with van der Waals surface area (Å²) in [5, 5.41) is 18.3. The SMILES string of the molecule is N#CC1(O)CCC2(C=CC2)CC1. The first-order valence-corrected chi connectivity index (χ1v) is 4.50. The van der Waals surface area contributed by atoms with Crippen molar-refractivity contribution >= 4 is 0 Å². The molecule has 2 aliphatic rings. The quantitative estimate of drug-likeness (QED) is 0.437. The molecule has 0 atom stereocenters. The Morgan fingerprint density at radius 2 is 1.83 bits per heavy atom. The molecule has 0 aromatic heterocycles. The maximum absolute atomic E-state index is 9.65. The zero-order valence-corrected chi connectivity index (χ0v) is 7.08. The maximum atomic E-state index is 9.65. The van der Waals surface area contributed by atoms with E-state index >= 15 is 0 Å². The highest BCUT2D eigenvalue weighted by molar-refractivity contribution is 5.17. The van der Waals surface area contributed by atoms with Crippen molar-refractivity contribution in [3.05, 3.63) is 12.2 Å². The Labute approximate surface area is 72.5 Å². The van der Waals surface area contributed by atoms with E-state index < -0.39 is 5.60 Å². The first kappa shape index (κ1) is 7.82. The molecule has 0 aromatic carbocycles. The van der Waals surface area contributed by atoms with E-state index in [1.165, 1.54) is 0 Å². The van der Waals surface area contributed by atoms with E-state index in [0.717, 1.165) is 19.3 Å². The standard InChI is InChI=1S/C10H13NO/c11-8-10(12)6-4-9(5-7-10)2-1-3-9/h1-2,12H,3-7H2. The molecular formula is C10H13NO. The summed E-state index contributed by atoms with van der Waals surface area (Å²) in [6.07, 6.45) is 8.82. The van der Waals surface area contributed by atoms with Gasteiger partial charge in [-0.1, -0.05) is 12.2 Å². The van der Waals surface area contributed by atoms with E-state index in [-0.39, 0.29) is 0 Å². The second-order valence-corrected chi connectivity index (χ2v) is 4.11. The van der Waals surface area contributed by atoms with Crippen LogP contribution >= 0.6 is 0 Å². The van der Waals surface area contributed by atoms with Crippen molar-refractivity contribution < 1.29 is 5.11 Å². The molecule has 0 aliphatic heterocycles. The molecule has 64 valence electrons. The molecule has 0 unspecified atom stereocenters. The Balaban J connectivity index is 2.03. The normalized spacial score (nSPS) is 45.3. The van der Waals surface area contributed by atoms with Crippen molar-refractivity contribution in [1.29, 1.82) is 5.26 Å². The third-order valence-corrected chi connectivity index (χ3v) is 3.28. The fraction of sp³-hybridized carbons (Fsp3) is 0.700. The number of rotatable bonds is 0. The summed E-state index contributed by atoms with van der Waals surface area (Å²) in [6, 6.07) is 2.00. The fourth-order valence-electron chi connectivity index (χ4n) is 2.10. The number of hydrogen-bond acceptors (Lipinski definition) is 2. The Hall–Kier alpha value is -0.810. The largest absolute Gasteiger partial charge is 0.375 e. The summed E-state index contributed by atoms with van der Waals surface area (Å²) in [5.41, 5.74) is -0.655. The Bertz CT molecular complexity index is 254. The van der Waals surface area contributed by atoms with E-state index in [0.29, 0.717) is 18.3 Å². The second-order valence-electron chi connectivity index (χ2n) is 4.11. The minimum absolute atomic E-state index is 0.364. The minimum Gasteiger partial charge on any atom is -0.375 e. The third-order valence-electron chi connectivity index (χ3n) is 3.28. The van der Waals surface area contributed by atoms with Crippen molar-refractivity contribution in [3.8, 4) is 6.07 Å². The molecule has 2 aliphatic carbocycles. The van der Waals surface area contributed by atoms with Gasteiger partial charge in [0.1, 0.15) is 0 Å². The average Bonchev–Trinajstić information content (AvgIpc) is 2.04. The van der Waals surface area contributed by atoms with Gasteiger partial charge in [-0.05, 0) is 37.5 Å². The first-order valence-electron chi connectivity index (χ1n) is 4.50. The van der Waals surface area contributed by atoms with E-state index in [4.69, 9.17) is 5.26 Å².